The monoisotopic (exact) mass is 253 g/mol. The minimum atomic E-state index is -0.336. The predicted octanol–water partition coefficient (Wildman–Crippen LogP) is 2.64. The zero-order chi connectivity index (χ0) is 10.1. The van der Waals surface area contributed by atoms with E-state index in [4.69, 9.17) is 4.42 Å². The maximum atomic E-state index is 11.5. The largest absolute Gasteiger partial charge is 0.407 e. The van der Waals surface area contributed by atoms with Crippen LogP contribution in [0.15, 0.2) is 33.5 Å². The Labute approximate surface area is 88.9 Å². The molecule has 0 saturated carbocycles. The molecule has 4 heteroatoms. The number of hydrogen-bond donors (Lipinski definition) is 0. The van der Waals surface area contributed by atoms with Crippen molar-refractivity contribution in [2.45, 2.75) is 11.8 Å². The van der Waals surface area contributed by atoms with Gasteiger partial charge in [0.1, 0.15) is 0 Å². The maximum absolute atomic E-state index is 11.5. The van der Waals surface area contributed by atoms with Gasteiger partial charge in [0.25, 0.3) is 0 Å². The lowest BCUT2D eigenvalue weighted by Gasteiger charge is -2.01. The molecule has 2 rings (SSSR count). The van der Waals surface area contributed by atoms with Crippen LogP contribution in [0.5, 0.6) is 0 Å². The fourth-order valence-electron chi connectivity index (χ4n) is 1.21. The number of hydrogen-bond acceptors (Lipinski definition) is 3. The van der Waals surface area contributed by atoms with Gasteiger partial charge >= 0.3 is 5.63 Å². The third-order valence-corrected chi connectivity index (χ3v) is 2.28. The highest BCUT2D eigenvalue weighted by Gasteiger charge is 2.09. The van der Waals surface area contributed by atoms with Gasteiger partial charge in [-0.2, -0.15) is 0 Å². The van der Waals surface area contributed by atoms with Crippen molar-refractivity contribution < 1.29 is 4.42 Å². The molecule has 0 saturated heterocycles. The number of halogens is 1. The van der Waals surface area contributed by atoms with Crippen LogP contribution in [0.2, 0.25) is 0 Å². The van der Waals surface area contributed by atoms with E-state index in [2.05, 4.69) is 20.9 Å². The normalized spacial score (nSPS) is 13.0. The van der Waals surface area contributed by atoms with Gasteiger partial charge in [0, 0.05) is 0 Å². The Kier molecular flexibility index (Phi) is 2.37. The van der Waals surface area contributed by atoms with E-state index in [1.807, 2.05) is 13.0 Å². The van der Waals surface area contributed by atoms with Crippen molar-refractivity contribution in [3.05, 3.63) is 40.6 Å². The fourth-order valence-corrected chi connectivity index (χ4v) is 1.40. The van der Waals surface area contributed by atoms with E-state index in [0.29, 0.717) is 16.8 Å². The van der Waals surface area contributed by atoms with Gasteiger partial charge in [-0.05, 0) is 19.1 Å². The zero-order valence-corrected chi connectivity index (χ0v) is 9.11. The number of nitrogens with zero attached hydrogens (tertiary/aromatic N) is 1. The van der Waals surface area contributed by atoms with Gasteiger partial charge < -0.3 is 4.42 Å². The first-order chi connectivity index (χ1) is 6.68. The van der Waals surface area contributed by atoms with Crippen LogP contribution in [0, 0.1) is 0 Å². The van der Waals surface area contributed by atoms with Crippen LogP contribution in [-0.4, -0.2) is 4.98 Å². The topological polar surface area (TPSA) is 43.1 Å². The Bertz CT molecular complexity index is 519. The van der Waals surface area contributed by atoms with Crippen LogP contribution in [0.3, 0.4) is 0 Å². The number of alkyl halides is 1. The van der Waals surface area contributed by atoms with Gasteiger partial charge in [-0.25, -0.2) is 9.78 Å². The summed E-state index contributed by atoms with van der Waals surface area (Å²) < 4.78 is 5.04. The molecule has 1 heterocycles. The highest BCUT2D eigenvalue weighted by Crippen LogP contribution is 2.19. The molecular weight excluding hydrogens is 246 g/mol. The first-order valence-corrected chi connectivity index (χ1v) is 5.14. The molecule has 3 nitrogen and oxygen atoms in total. The van der Waals surface area contributed by atoms with Crippen molar-refractivity contribution in [3.63, 3.8) is 0 Å². The van der Waals surface area contributed by atoms with Gasteiger partial charge in [-0.3, -0.25) is 0 Å². The summed E-state index contributed by atoms with van der Waals surface area (Å²) in [6.07, 6.45) is 0. The van der Waals surface area contributed by atoms with Gasteiger partial charge in [-0.15, -0.1) is 0 Å². The summed E-state index contributed by atoms with van der Waals surface area (Å²) in [5.74, 6) is 0.411. The lowest BCUT2D eigenvalue weighted by atomic mass is 10.2. The number of para-hydroxylation sites is 1. The molecule has 0 aliphatic rings. The summed E-state index contributed by atoms with van der Waals surface area (Å²) in [6.45, 7) is 1.86. The fraction of sp³-hybridized carbons (Fsp3) is 0.200. The van der Waals surface area contributed by atoms with Gasteiger partial charge in [0.05, 0.1) is 15.7 Å². The second-order valence-corrected chi connectivity index (χ2v) is 4.35. The summed E-state index contributed by atoms with van der Waals surface area (Å²) >= 11 is 3.31. The van der Waals surface area contributed by atoms with E-state index in [9.17, 15) is 4.79 Å². The highest BCUT2D eigenvalue weighted by molar-refractivity contribution is 9.09. The number of rotatable bonds is 1. The molecule has 0 unspecified atom stereocenters. The molecule has 0 fully saturated rings. The lowest BCUT2D eigenvalue weighted by molar-refractivity contribution is 0.449. The summed E-state index contributed by atoms with van der Waals surface area (Å²) in [5.41, 5.74) is 0.335. The molecule has 0 N–H and O–H groups in total. The molecule has 0 radical (unpaired) electrons. The van der Waals surface area contributed by atoms with Gasteiger partial charge in [0.15, 0.2) is 0 Å². The van der Waals surface area contributed by atoms with E-state index in [1.54, 1.807) is 18.2 Å². The molecule has 0 bridgehead atoms. The Morgan fingerprint density at radius 1 is 1.43 bits per heavy atom. The van der Waals surface area contributed by atoms with Crippen LogP contribution in [-0.2, 0) is 0 Å². The molecule has 1 aromatic heterocycles. The standard InChI is InChI=1S/C10H8BrNO2/c1-6(11)9-12-8-5-3-2-4-7(8)10(13)14-9/h2-6H,1H3/t6-/m1/s1. The number of aromatic nitrogens is 1. The van der Waals surface area contributed by atoms with E-state index >= 15 is 0 Å². The van der Waals surface area contributed by atoms with E-state index in [0.717, 1.165) is 0 Å². The molecule has 2 aromatic rings. The maximum Gasteiger partial charge on any atom is 0.346 e. The lowest BCUT2D eigenvalue weighted by Crippen LogP contribution is -2.04. The van der Waals surface area contributed by atoms with E-state index < -0.39 is 0 Å². The minimum Gasteiger partial charge on any atom is -0.407 e. The van der Waals surface area contributed by atoms with Crippen molar-refractivity contribution in [2.75, 3.05) is 0 Å². The smallest absolute Gasteiger partial charge is 0.346 e. The summed E-state index contributed by atoms with van der Waals surface area (Å²) in [6, 6.07) is 7.14. The van der Waals surface area contributed by atoms with Crippen molar-refractivity contribution in [3.8, 4) is 0 Å². The molecule has 72 valence electrons. The van der Waals surface area contributed by atoms with Crippen molar-refractivity contribution in [1.82, 2.24) is 4.98 Å². The van der Waals surface area contributed by atoms with Crippen molar-refractivity contribution in [2.24, 2.45) is 0 Å². The Morgan fingerprint density at radius 2 is 2.14 bits per heavy atom. The minimum absolute atomic E-state index is 0.0557. The average Bonchev–Trinajstić information content (AvgIpc) is 2.17. The van der Waals surface area contributed by atoms with Crippen LogP contribution in [0.25, 0.3) is 10.9 Å². The van der Waals surface area contributed by atoms with Crippen LogP contribution in [0.1, 0.15) is 17.6 Å². The SMILES string of the molecule is C[C@@H](Br)c1nc2ccccc2c(=O)o1. The molecule has 0 aliphatic heterocycles. The second-order valence-electron chi connectivity index (χ2n) is 2.97. The second kappa shape index (κ2) is 3.53. The molecular formula is C10H8BrNO2. The summed E-state index contributed by atoms with van der Waals surface area (Å²) in [4.78, 5) is 15.6. The Morgan fingerprint density at radius 3 is 2.86 bits per heavy atom. The van der Waals surface area contributed by atoms with Crippen LogP contribution < -0.4 is 5.63 Å². The Balaban J connectivity index is 2.79. The van der Waals surface area contributed by atoms with Gasteiger partial charge in [-0.1, -0.05) is 28.1 Å². The third kappa shape index (κ3) is 1.57. The average molecular weight is 254 g/mol. The molecule has 0 aliphatic carbocycles. The number of fused-ring (bicyclic) bond motifs is 1. The molecule has 0 spiro atoms. The predicted molar refractivity (Wildman–Crippen MR) is 57.6 cm³/mol. The molecule has 1 atom stereocenters. The third-order valence-electron chi connectivity index (χ3n) is 1.89. The Hall–Kier alpha value is -1.16. The quantitative estimate of drug-likeness (QED) is 0.734. The first-order valence-electron chi connectivity index (χ1n) is 4.22. The van der Waals surface area contributed by atoms with Crippen molar-refractivity contribution in [1.29, 1.82) is 0 Å². The van der Waals surface area contributed by atoms with Crippen molar-refractivity contribution >= 4 is 26.8 Å². The van der Waals surface area contributed by atoms with E-state index in [-0.39, 0.29) is 10.5 Å². The molecule has 1 aromatic carbocycles. The summed E-state index contributed by atoms with van der Waals surface area (Å²) in [7, 11) is 0. The number of benzene rings is 1. The first kappa shape index (κ1) is 9.40. The van der Waals surface area contributed by atoms with Crippen LogP contribution in [0.4, 0.5) is 0 Å². The molecule has 0 amide bonds. The highest BCUT2D eigenvalue weighted by atomic mass is 79.9. The zero-order valence-electron chi connectivity index (χ0n) is 7.53. The van der Waals surface area contributed by atoms with E-state index in [1.165, 1.54) is 0 Å². The molecule has 14 heavy (non-hydrogen) atoms. The van der Waals surface area contributed by atoms with Crippen LogP contribution >= 0.6 is 15.9 Å². The van der Waals surface area contributed by atoms with Gasteiger partial charge in [0.2, 0.25) is 5.89 Å². The summed E-state index contributed by atoms with van der Waals surface area (Å²) in [5, 5.41) is 0.518.